The van der Waals surface area contributed by atoms with Crippen LogP contribution in [-0.2, 0) is 26.1 Å². The Morgan fingerprint density at radius 3 is 1.44 bits per heavy atom. The minimum atomic E-state index is -0.208. The van der Waals surface area contributed by atoms with Crippen LogP contribution in [0.1, 0.15) is 0 Å². The fourth-order valence-corrected chi connectivity index (χ4v) is 1.82. The summed E-state index contributed by atoms with van der Waals surface area (Å²) in [5.74, 6) is -0.416. The molecule has 25 heavy (non-hydrogen) atoms. The van der Waals surface area contributed by atoms with E-state index in [9.17, 15) is 20.1 Å². The number of hydrogen-bond acceptors (Lipinski definition) is 6. The monoisotopic (exact) mass is 374 g/mol. The van der Waals surface area contributed by atoms with Crippen molar-refractivity contribution in [1.82, 2.24) is 10.6 Å². The van der Waals surface area contributed by atoms with Gasteiger partial charge in [-0.05, 0) is 24.3 Å². The Hall–Kier alpha value is -3.41. The molecule has 7 heteroatoms. The molecule has 0 fully saturated rings. The first-order chi connectivity index (χ1) is 11.7. The predicted molar refractivity (Wildman–Crippen MR) is 87.3 cm³/mol. The number of rotatable bonds is 4. The Kier molecular flexibility index (Phi) is 7.60. The number of allylic oxidation sites excluding steroid dienone is 12. The van der Waals surface area contributed by atoms with Crippen molar-refractivity contribution in [3.8, 4) is 12.1 Å². The summed E-state index contributed by atoms with van der Waals surface area (Å²) in [5, 5.41) is 23.7. The molecule has 0 aromatic carbocycles. The van der Waals surface area contributed by atoms with Crippen molar-refractivity contribution >= 4 is 11.6 Å². The van der Waals surface area contributed by atoms with Gasteiger partial charge in [-0.2, -0.15) is 10.5 Å². The maximum Gasteiger partial charge on any atom is 0.187 e. The molecule has 2 aliphatic carbocycles. The van der Waals surface area contributed by atoms with Gasteiger partial charge in [0.15, 0.2) is 23.0 Å². The summed E-state index contributed by atoms with van der Waals surface area (Å²) in [4.78, 5) is 23.2. The van der Waals surface area contributed by atoms with E-state index >= 15 is 0 Å². The van der Waals surface area contributed by atoms with Gasteiger partial charge in [0.05, 0.1) is 0 Å². The van der Waals surface area contributed by atoms with Crippen molar-refractivity contribution in [2.75, 3.05) is 0 Å². The third-order valence-corrected chi connectivity index (χ3v) is 3.06. The molecule has 0 spiro atoms. The molecule has 0 aromatic heterocycles. The third-order valence-electron chi connectivity index (χ3n) is 3.06. The van der Waals surface area contributed by atoms with Gasteiger partial charge < -0.3 is 10.6 Å². The number of nitrogens with one attached hydrogen (secondary N) is 2. The van der Waals surface area contributed by atoms with Crippen molar-refractivity contribution in [2.45, 2.75) is 0 Å². The molecular formula is C18H12N4NiO2. The zero-order valence-corrected chi connectivity index (χ0v) is 13.8. The van der Waals surface area contributed by atoms with Gasteiger partial charge in [0.2, 0.25) is 0 Å². The van der Waals surface area contributed by atoms with Crippen LogP contribution in [0.2, 0.25) is 0 Å². The molecule has 0 bridgehead atoms. The predicted octanol–water partition coefficient (Wildman–Crippen LogP) is 1.58. The Morgan fingerprint density at radius 1 is 0.760 bits per heavy atom. The fraction of sp³-hybridized carbons (Fsp3) is 0. The van der Waals surface area contributed by atoms with E-state index < -0.39 is 0 Å². The second-order valence-corrected chi connectivity index (χ2v) is 4.63. The van der Waals surface area contributed by atoms with Gasteiger partial charge in [-0.25, -0.2) is 0 Å². The normalized spacial score (nSPS) is 19.1. The summed E-state index contributed by atoms with van der Waals surface area (Å²) in [6.45, 7) is 0. The van der Waals surface area contributed by atoms with Crippen molar-refractivity contribution in [3.05, 3.63) is 83.5 Å². The zero-order valence-electron chi connectivity index (χ0n) is 12.8. The fourth-order valence-electron chi connectivity index (χ4n) is 1.82. The number of hydrogen-bond donors (Lipinski definition) is 2. The largest absolute Gasteiger partial charge is 0.350 e. The van der Waals surface area contributed by atoms with E-state index in [1.807, 2.05) is 12.1 Å². The van der Waals surface area contributed by atoms with Gasteiger partial charge in [0.1, 0.15) is 12.1 Å². The number of nitrogens with zero attached hydrogens (tertiary/aromatic N) is 2. The molecule has 126 valence electrons. The molecule has 0 atom stereocenters. The van der Waals surface area contributed by atoms with Crippen LogP contribution in [0.5, 0.6) is 0 Å². The SMILES string of the molecule is N#C/C(N/C=C1\C=CC=CC1=O)=C(/C#N)N/C=C1\C=CC=CC1=O.[Ni]. The molecule has 0 amide bonds. The first kappa shape index (κ1) is 19.6. The molecule has 0 radical (unpaired) electrons. The number of carbonyl (C=O) groups is 2. The van der Waals surface area contributed by atoms with E-state index in [1.54, 1.807) is 36.5 Å². The standard InChI is InChI=1S/C18H12N4O2.Ni/c19-9-15(21-11-13-5-1-3-7-17(13)23)16(10-20)22-12-14-6-2-4-8-18(14)24;/h1-8,11-12,21-22H;/b13-11+,14-12+,16-15+;. The Balaban J connectivity index is 0.00000312. The van der Waals surface area contributed by atoms with Gasteiger partial charge in [0, 0.05) is 40.0 Å². The van der Waals surface area contributed by atoms with E-state index in [0.29, 0.717) is 11.1 Å². The summed E-state index contributed by atoms with van der Waals surface area (Å²) in [6, 6.07) is 3.69. The first-order valence-corrected chi connectivity index (χ1v) is 6.91. The zero-order chi connectivity index (χ0) is 17.4. The maximum absolute atomic E-state index is 11.6. The minimum Gasteiger partial charge on any atom is -0.350 e. The number of ketones is 2. The quantitative estimate of drug-likeness (QED) is 0.439. The second kappa shape index (κ2) is 9.67. The molecular weight excluding hydrogens is 363 g/mol. The molecule has 0 aliphatic heterocycles. The van der Waals surface area contributed by atoms with E-state index in [-0.39, 0.29) is 39.5 Å². The van der Waals surface area contributed by atoms with Gasteiger partial charge >= 0.3 is 0 Å². The Labute approximate surface area is 154 Å². The summed E-state index contributed by atoms with van der Waals surface area (Å²) >= 11 is 0. The number of nitriles is 2. The van der Waals surface area contributed by atoms with Crippen molar-refractivity contribution in [1.29, 1.82) is 10.5 Å². The molecule has 0 unspecified atom stereocenters. The third kappa shape index (κ3) is 5.32. The van der Waals surface area contributed by atoms with Gasteiger partial charge in [-0.3, -0.25) is 9.59 Å². The van der Waals surface area contributed by atoms with Crippen LogP contribution in [0.25, 0.3) is 0 Å². The molecule has 0 saturated heterocycles. The van der Waals surface area contributed by atoms with Gasteiger partial charge in [0.25, 0.3) is 0 Å². The molecule has 2 rings (SSSR count). The molecule has 0 saturated carbocycles. The molecule has 2 N–H and O–H groups in total. The van der Waals surface area contributed by atoms with Crippen LogP contribution >= 0.6 is 0 Å². The first-order valence-electron chi connectivity index (χ1n) is 6.91. The van der Waals surface area contributed by atoms with Crippen molar-refractivity contribution in [3.63, 3.8) is 0 Å². The summed E-state index contributed by atoms with van der Waals surface area (Å²) < 4.78 is 0. The van der Waals surface area contributed by atoms with Crippen LogP contribution in [-0.4, -0.2) is 11.6 Å². The maximum atomic E-state index is 11.6. The molecule has 6 nitrogen and oxygen atoms in total. The van der Waals surface area contributed by atoms with E-state index in [4.69, 9.17) is 0 Å². The Morgan fingerprint density at radius 2 is 1.12 bits per heavy atom. The Bertz CT molecular complexity index is 800. The average molecular weight is 375 g/mol. The molecule has 0 aromatic rings. The van der Waals surface area contributed by atoms with Crippen LogP contribution < -0.4 is 10.6 Å². The second-order valence-electron chi connectivity index (χ2n) is 4.63. The molecule has 2 aliphatic rings. The van der Waals surface area contributed by atoms with Crippen LogP contribution in [0, 0.1) is 22.7 Å². The average Bonchev–Trinajstić information content (AvgIpc) is 2.60. The van der Waals surface area contributed by atoms with E-state index in [1.165, 1.54) is 24.6 Å². The van der Waals surface area contributed by atoms with E-state index in [0.717, 1.165) is 0 Å². The minimum absolute atomic E-state index is 0. The van der Waals surface area contributed by atoms with Crippen molar-refractivity contribution in [2.24, 2.45) is 0 Å². The van der Waals surface area contributed by atoms with E-state index in [2.05, 4.69) is 10.6 Å². The molecule has 0 heterocycles. The van der Waals surface area contributed by atoms with Crippen LogP contribution in [0.3, 0.4) is 0 Å². The summed E-state index contributed by atoms with van der Waals surface area (Å²) in [7, 11) is 0. The van der Waals surface area contributed by atoms with Gasteiger partial charge in [-0.15, -0.1) is 0 Å². The van der Waals surface area contributed by atoms with Crippen LogP contribution in [0.4, 0.5) is 0 Å². The summed E-state index contributed by atoms with van der Waals surface area (Å²) in [5.41, 5.74) is 0.577. The van der Waals surface area contributed by atoms with Crippen LogP contribution in [0.15, 0.2) is 83.5 Å². The van der Waals surface area contributed by atoms with Gasteiger partial charge in [-0.1, -0.05) is 24.3 Å². The smallest absolute Gasteiger partial charge is 0.187 e. The topological polar surface area (TPSA) is 106 Å². The number of carbonyl (C=O) groups excluding carboxylic acids is 2. The van der Waals surface area contributed by atoms with Crippen molar-refractivity contribution < 1.29 is 26.1 Å². The summed E-state index contributed by atoms with van der Waals surface area (Å²) in [6.07, 6.45) is 15.3.